The van der Waals surface area contributed by atoms with Gasteiger partial charge in [0.05, 0.1) is 123 Å². The average molecular weight is 1100 g/mol. The topological polar surface area (TPSA) is 213 Å². The van der Waals surface area contributed by atoms with Gasteiger partial charge in [-0.15, -0.1) is 0 Å². The molecule has 15 aliphatic heterocycles. The van der Waals surface area contributed by atoms with Crippen LogP contribution in [0, 0.1) is 23.7 Å². The third kappa shape index (κ3) is 9.52. The van der Waals surface area contributed by atoms with Crippen molar-refractivity contribution in [2.75, 3.05) is 7.11 Å². The van der Waals surface area contributed by atoms with Gasteiger partial charge in [-0.2, -0.15) is 0 Å². The molecule has 0 aromatic carbocycles. The number of carboxylic acids is 1. The Balaban J connectivity index is 0.690. The van der Waals surface area contributed by atoms with E-state index in [2.05, 4.69) is 40.9 Å². The number of carboxylic acid groups (broad SMARTS) is 1. The molecular formula is C59H84O19. The number of carbonyl (C=O) groups is 2. The van der Waals surface area contributed by atoms with Crippen LogP contribution in [0.15, 0.2) is 24.3 Å². The Morgan fingerprint density at radius 3 is 2.04 bits per heavy atom. The summed E-state index contributed by atoms with van der Waals surface area (Å²) in [6, 6.07) is 0. The van der Waals surface area contributed by atoms with Crippen LogP contribution in [0.3, 0.4) is 0 Å². The first kappa shape index (κ1) is 53.8. The number of methoxy groups -OCH3 is 1. The minimum absolute atomic E-state index is 0.00816. The van der Waals surface area contributed by atoms with Crippen molar-refractivity contribution < 1.29 is 90.9 Å². The van der Waals surface area contributed by atoms with E-state index in [-0.39, 0.29) is 134 Å². The van der Waals surface area contributed by atoms with Gasteiger partial charge >= 0.3 is 11.9 Å². The molecule has 0 aromatic rings. The largest absolute Gasteiger partial charge is 0.481 e. The van der Waals surface area contributed by atoms with Gasteiger partial charge in [0, 0.05) is 70.8 Å². The van der Waals surface area contributed by atoms with Crippen molar-refractivity contribution in [1.29, 1.82) is 0 Å². The van der Waals surface area contributed by atoms with Gasteiger partial charge in [0.2, 0.25) is 0 Å². The van der Waals surface area contributed by atoms with Crippen LogP contribution in [0.2, 0.25) is 0 Å². The number of aliphatic carboxylic acids is 1. The van der Waals surface area contributed by atoms with Crippen LogP contribution in [-0.4, -0.2) is 187 Å². The minimum atomic E-state index is -1.00. The van der Waals surface area contributed by atoms with E-state index >= 15 is 0 Å². The Morgan fingerprint density at radius 2 is 1.23 bits per heavy atom. The number of hydrogen-bond acceptors (Lipinski definition) is 18. The number of fused-ring (bicyclic) bond motifs is 10. The normalized spacial score (nSPS) is 56.5. The molecule has 434 valence electrons. The standard InChI is InChI=1S/C59H84O19/c1-26-14-32-8-10-36-27(2)15-34(65-36)12-13-57-24-46(75-57)54-55(64-7)56(78-57)53-37(69-54)11-9-33(67-53)16-48(63)72-52-31(6)51-42(68-41(52)18-38(66-32)30(26)5)19-40-44(71-51)23-59(73-40)25-45-50(77-59)29(4)22-58(76-45)21-28(3)49-43(74-58)17-35(60)39(70-49)20-47(61)62/h26,28-29,31-46,49-56,60H,2,5,8-25H2,1,3-4,6-7H3,(H,61,62)/t26-,28+,29+,31+,32+,33-,34+,35-,36+,37+,38-,39-,40-,41+,42+,43+,44-,45+,46?,49+,50+,51+,52-,53+,54+,55-,56+,57+,58-,59+/m1/s1. The maximum atomic E-state index is 14.6. The molecule has 0 amide bonds. The smallest absolute Gasteiger partial charge is 0.308 e. The van der Waals surface area contributed by atoms with Crippen LogP contribution < -0.4 is 0 Å². The third-order valence-electron chi connectivity index (χ3n) is 21.2. The summed E-state index contributed by atoms with van der Waals surface area (Å²) in [5.74, 6) is -3.97. The lowest BCUT2D eigenvalue weighted by Gasteiger charge is -2.54. The number of aliphatic hydroxyl groups is 1. The quantitative estimate of drug-likeness (QED) is 0.249. The lowest BCUT2D eigenvalue weighted by molar-refractivity contribution is -0.371. The molecule has 19 heteroatoms. The Bertz CT molecular complexity index is 2310. The molecule has 1 unspecified atom stereocenters. The Labute approximate surface area is 457 Å². The number of rotatable bonds is 3. The van der Waals surface area contributed by atoms with Gasteiger partial charge < -0.3 is 81.3 Å². The van der Waals surface area contributed by atoms with Gasteiger partial charge in [0.25, 0.3) is 0 Å². The highest BCUT2D eigenvalue weighted by molar-refractivity contribution is 5.70. The lowest BCUT2D eigenvalue weighted by Crippen LogP contribution is -2.63. The number of carbonyl (C=O) groups excluding carboxylic acids is 1. The minimum Gasteiger partial charge on any atom is -0.481 e. The number of aliphatic hydroxyl groups excluding tert-OH is 1. The fourth-order valence-electron chi connectivity index (χ4n) is 17.5. The SMILES string of the molecule is C=C1C[C@@H]2CC[C@]34CC(O3)[C@@H]3O[C@H]5CC[C@H](CC(=O)O[C@@H]6[C@@H](C)[C@@H]7O[C@@H]8C[C@]9(C[C@@H]%10O[C@]%11(C[C@H](C)[C@@H]%12O[C@H](CC(=O)O)[C@H](O)C[C@@H]%12O%11)C[C@H](C)[C@@H]%10O9)O[C@@H]8C[C@@H]7O[C@H]6C[C@H]6O[C@@H](CC[C@@H]1O2)C[C@@H](C)C6=C)O[C@@H]5[C@H](O4)[C@@H]3OC. The zero-order valence-corrected chi connectivity index (χ0v) is 46.1. The van der Waals surface area contributed by atoms with Crippen LogP contribution in [0.1, 0.15) is 143 Å². The van der Waals surface area contributed by atoms with Crippen LogP contribution in [0.25, 0.3) is 0 Å². The van der Waals surface area contributed by atoms with Crippen molar-refractivity contribution in [3.63, 3.8) is 0 Å². The van der Waals surface area contributed by atoms with Crippen molar-refractivity contribution in [3.8, 4) is 0 Å². The molecule has 0 saturated carbocycles. The highest BCUT2D eigenvalue weighted by Gasteiger charge is 2.67. The summed E-state index contributed by atoms with van der Waals surface area (Å²) in [6.07, 6.45) is 1.69. The van der Waals surface area contributed by atoms with Crippen molar-refractivity contribution in [2.45, 2.75) is 301 Å². The number of esters is 1. The zero-order chi connectivity index (χ0) is 53.7. The molecule has 78 heavy (non-hydrogen) atoms. The molecule has 0 aromatic heterocycles. The number of hydrogen-bond donors (Lipinski definition) is 2. The Morgan fingerprint density at radius 1 is 0.564 bits per heavy atom. The Hall–Kier alpha value is -2.18. The molecule has 15 aliphatic rings. The van der Waals surface area contributed by atoms with Gasteiger partial charge in [0.1, 0.15) is 30.5 Å². The summed E-state index contributed by atoms with van der Waals surface area (Å²) in [5, 5.41) is 20.4. The van der Waals surface area contributed by atoms with Gasteiger partial charge in [-0.05, 0) is 73.8 Å². The van der Waals surface area contributed by atoms with Crippen molar-refractivity contribution in [3.05, 3.63) is 24.3 Å². The first-order chi connectivity index (χ1) is 37.4. The summed E-state index contributed by atoms with van der Waals surface area (Å²) < 4.78 is 102. The van der Waals surface area contributed by atoms with E-state index < -0.39 is 78.3 Å². The van der Waals surface area contributed by atoms with E-state index in [1.807, 2.05) is 0 Å². The Kier molecular flexibility index (Phi) is 14.0. The average Bonchev–Trinajstić information content (AvgIpc) is 4.24. The summed E-state index contributed by atoms with van der Waals surface area (Å²) in [4.78, 5) is 26.1. The lowest BCUT2D eigenvalue weighted by atomic mass is 9.78. The highest BCUT2D eigenvalue weighted by atomic mass is 16.8. The molecule has 10 bridgehead atoms. The van der Waals surface area contributed by atoms with E-state index in [1.54, 1.807) is 7.11 Å². The first-order valence-corrected chi connectivity index (χ1v) is 30.1. The van der Waals surface area contributed by atoms with Crippen LogP contribution in [-0.2, 0) is 80.6 Å². The third-order valence-corrected chi connectivity index (χ3v) is 21.2. The summed E-state index contributed by atoms with van der Waals surface area (Å²) in [6.45, 7) is 17.7. The molecule has 15 saturated heterocycles. The molecule has 2 N–H and O–H groups in total. The molecular weight excluding hydrogens is 1010 g/mol. The summed E-state index contributed by atoms with van der Waals surface area (Å²) >= 11 is 0. The zero-order valence-electron chi connectivity index (χ0n) is 46.1. The van der Waals surface area contributed by atoms with Gasteiger partial charge in [-0.25, -0.2) is 0 Å². The second-order valence-corrected chi connectivity index (χ2v) is 26.7. The number of ether oxygens (including phenoxy) is 15. The van der Waals surface area contributed by atoms with Gasteiger partial charge in [-0.3, -0.25) is 9.59 Å². The molecule has 19 nitrogen and oxygen atoms in total. The first-order valence-electron chi connectivity index (χ1n) is 30.1. The fraction of sp³-hybridized carbons (Fsp3) is 0.898. The molecule has 15 heterocycles. The van der Waals surface area contributed by atoms with E-state index in [9.17, 15) is 19.8 Å². The van der Waals surface area contributed by atoms with Crippen LogP contribution >= 0.6 is 0 Å². The van der Waals surface area contributed by atoms with Gasteiger partial charge in [0.15, 0.2) is 17.4 Å². The highest BCUT2D eigenvalue weighted by Crippen LogP contribution is 2.57. The second kappa shape index (κ2) is 20.3. The second-order valence-electron chi connectivity index (χ2n) is 26.7. The molecule has 3 spiro atoms. The maximum Gasteiger partial charge on any atom is 0.308 e. The molecule has 0 radical (unpaired) electrons. The molecule has 30 atom stereocenters. The van der Waals surface area contributed by atoms with Crippen molar-refractivity contribution in [2.24, 2.45) is 23.7 Å². The van der Waals surface area contributed by atoms with E-state index in [4.69, 9.17) is 71.1 Å². The van der Waals surface area contributed by atoms with E-state index in [1.165, 1.54) is 0 Å². The van der Waals surface area contributed by atoms with Crippen molar-refractivity contribution >= 4 is 11.9 Å². The predicted molar refractivity (Wildman–Crippen MR) is 270 cm³/mol. The molecule has 0 aliphatic carbocycles. The molecule has 15 rings (SSSR count). The predicted octanol–water partition coefficient (Wildman–Crippen LogP) is 5.90. The van der Waals surface area contributed by atoms with Crippen LogP contribution in [0.5, 0.6) is 0 Å². The summed E-state index contributed by atoms with van der Waals surface area (Å²) in [7, 11) is 1.69. The summed E-state index contributed by atoms with van der Waals surface area (Å²) in [5.41, 5.74) is 2.14. The van der Waals surface area contributed by atoms with Crippen LogP contribution in [0.4, 0.5) is 0 Å². The molecule has 15 fully saturated rings. The van der Waals surface area contributed by atoms with E-state index in [0.29, 0.717) is 64.2 Å². The fourth-order valence-corrected chi connectivity index (χ4v) is 17.5. The maximum absolute atomic E-state index is 14.6. The van der Waals surface area contributed by atoms with Gasteiger partial charge in [-0.1, -0.05) is 40.9 Å². The van der Waals surface area contributed by atoms with E-state index in [0.717, 1.165) is 43.3 Å². The van der Waals surface area contributed by atoms with Crippen molar-refractivity contribution in [1.82, 2.24) is 0 Å². The monoisotopic (exact) mass is 1100 g/mol.